The van der Waals surface area contributed by atoms with Crippen LogP contribution in [0.15, 0.2) is 28.5 Å². The lowest BCUT2D eigenvalue weighted by atomic mass is 10.2. The molecule has 2 aromatic rings. The number of thiazole rings is 1. The van der Waals surface area contributed by atoms with Gasteiger partial charge < -0.3 is 5.32 Å². The zero-order valence-electron chi connectivity index (χ0n) is 10.5. The van der Waals surface area contributed by atoms with Gasteiger partial charge in [0.15, 0.2) is 5.13 Å². The number of carbonyl (C=O) groups excluding carboxylic acids is 1. The van der Waals surface area contributed by atoms with Crippen molar-refractivity contribution in [3.8, 4) is 0 Å². The Balaban J connectivity index is 1.92. The third kappa shape index (κ3) is 2.39. The van der Waals surface area contributed by atoms with E-state index >= 15 is 0 Å². The number of benzene rings is 1. The Morgan fingerprint density at radius 2 is 2.20 bits per heavy atom. The average molecular weight is 309 g/mol. The zero-order chi connectivity index (χ0) is 14.3. The van der Waals surface area contributed by atoms with E-state index in [0.717, 1.165) is 5.69 Å². The standard InChI is InChI=1S/C12H11N3O3S2/c1-7-6-19-12(13-7)15-20(17,18)9-2-3-10-8(4-9)5-11(16)14-10/h2-4,6H,5H2,1H3,(H,13,15)(H,14,16). The number of amides is 1. The number of anilines is 2. The Hall–Kier alpha value is -1.93. The Kier molecular flexibility index (Phi) is 2.98. The van der Waals surface area contributed by atoms with Crippen molar-refractivity contribution in [2.75, 3.05) is 10.0 Å². The fourth-order valence-electron chi connectivity index (χ4n) is 1.95. The summed E-state index contributed by atoms with van der Waals surface area (Å²) < 4.78 is 26.9. The summed E-state index contributed by atoms with van der Waals surface area (Å²) in [4.78, 5) is 15.5. The number of sulfonamides is 1. The molecule has 2 heterocycles. The molecule has 0 spiro atoms. The van der Waals surface area contributed by atoms with Crippen molar-refractivity contribution in [3.63, 3.8) is 0 Å². The van der Waals surface area contributed by atoms with Crippen molar-refractivity contribution in [2.45, 2.75) is 18.2 Å². The van der Waals surface area contributed by atoms with Gasteiger partial charge in [0.05, 0.1) is 17.0 Å². The first-order valence-corrected chi connectivity index (χ1v) is 8.18. The maximum atomic E-state index is 12.2. The van der Waals surface area contributed by atoms with E-state index < -0.39 is 10.0 Å². The number of aryl methyl sites for hydroxylation is 1. The van der Waals surface area contributed by atoms with Crippen LogP contribution in [0, 0.1) is 6.92 Å². The van der Waals surface area contributed by atoms with Gasteiger partial charge in [-0.1, -0.05) is 0 Å². The highest BCUT2D eigenvalue weighted by Gasteiger charge is 2.22. The summed E-state index contributed by atoms with van der Waals surface area (Å²) in [6.07, 6.45) is 0.203. The zero-order valence-corrected chi connectivity index (χ0v) is 12.1. The number of nitrogens with one attached hydrogen (secondary N) is 2. The smallest absolute Gasteiger partial charge is 0.263 e. The molecular weight excluding hydrogens is 298 g/mol. The van der Waals surface area contributed by atoms with Crippen LogP contribution in [0.1, 0.15) is 11.3 Å². The second-order valence-electron chi connectivity index (χ2n) is 4.44. The van der Waals surface area contributed by atoms with E-state index in [2.05, 4.69) is 15.0 Å². The molecule has 3 rings (SSSR count). The van der Waals surface area contributed by atoms with Crippen molar-refractivity contribution in [2.24, 2.45) is 0 Å². The van der Waals surface area contributed by atoms with Gasteiger partial charge in [0.1, 0.15) is 0 Å². The monoisotopic (exact) mass is 309 g/mol. The molecule has 0 aliphatic carbocycles. The molecule has 1 aliphatic heterocycles. The second kappa shape index (κ2) is 4.57. The predicted molar refractivity (Wildman–Crippen MR) is 76.4 cm³/mol. The lowest BCUT2D eigenvalue weighted by Gasteiger charge is -2.06. The largest absolute Gasteiger partial charge is 0.326 e. The molecule has 0 saturated carbocycles. The van der Waals surface area contributed by atoms with Gasteiger partial charge >= 0.3 is 0 Å². The normalized spacial score (nSPS) is 13.9. The highest BCUT2D eigenvalue weighted by molar-refractivity contribution is 7.93. The molecule has 0 unspecified atom stereocenters. The molecule has 1 aliphatic rings. The molecule has 1 aromatic carbocycles. The fourth-order valence-corrected chi connectivity index (χ4v) is 3.94. The van der Waals surface area contributed by atoms with E-state index in [9.17, 15) is 13.2 Å². The molecule has 2 N–H and O–H groups in total. The van der Waals surface area contributed by atoms with E-state index in [0.29, 0.717) is 16.4 Å². The van der Waals surface area contributed by atoms with Crippen LogP contribution < -0.4 is 10.0 Å². The summed E-state index contributed by atoms with van der Waals surface area (Å²) in [6.45, 7) is 1.79. The first-order chi connectivity index (χ1) is 9.44. The van der Waals surface area contributed by atoms with E-state index in [4.69, 9.17) is 0 Å². The molecule has 104 valence electrons. The average Bonchev–Trinajstić information content (AvgIpc) is 2.92. The minimum Gasteiger partial charge on any atom is -0.326 e. The molecule has 8 heteroatoms. The van der Waals surface area contributed by atoms with Gasteiger partial charge in [0.2, 0.25) is 5.91 Å². The lowest BCUT2D eigenvalue weighted by Crippen LogP contribution is -2.13. The van der Waals surface area contributed by atoms with Crippen LogP contribution in [0.3, 0.4) is 0 Å². The summed E-state index contributed by atoms with van der Waals surface area (Å²) in [5.74, 6) is -0.127. The van der Waals surface area contributed by atoms with E-state index in [1.54, 1.807) is 18.4 Å². The van der Waals surface area contributed by atoms with Crippen molar-refractivity contribution in [3.05, 3.63) is 34.8 Å². The van der Waals surface area contributed by atoms with Crippen molar-refractivity contribution in [1.29, 1.82) is 0 Å². The minimum absolute atomic E-state index is 0.126. The number of aromatic nitrogens is 1. The van der Waals surface area contributed by atoms with Crippen molar-refractivity contribution >= 4 is 38.1 Å². The summed E-state index contributed by atoms with van der Waals surface area (Å²) in [5.41, 5.74) is 2.11. The summed E-state index contributed by atoms with van der Waals surface area (Å²) in [7, 11) is -3.68. The molecular formula is C12H11N3O3S2. The van der Waals surface area contributed by atoms with Crippen LogP contribution in [-0.2, 0) is 21.2 Å². The molecule has 0 atom stereocenters. The van der Waals surface area contributed by atoms with Crippen molar-refractivity contribution < 1.29 is 13.2 Å². The van der Waals surface area contributed by atoms with Gasteiger partial charge in [-0.3, -0.25) is 9.52 Å². The Bertz CT molecular complexity index is 796. The summed E-state index contributed by atoms with van der Waals surface area (Å²) in [5, 5.41) is 4.76. The van der Waals surface area contributed by atoms with Crippen LogP contribution in [-0.4, -0.2) is 19.3 Å². The molecule has 1 amide bonds. The van der Waals surface area contributed by atoms with Gasteiger partial charge in [-0.25, -0.2) is 13.4 Å². The van der Waals surface area contributed by atoms with E-state index in [1.807, 2.05) is 0 Å². The lowest BCUT2D eigenvalue weighted by molar-refractivity contribution is -0.115. The molecule has 1 aromatic heterocycles. The highest BCUT2D eigenvalue weighted by Crippen LogP contribution is 2.27. The van der Waals surface area contributed by atoms with Crippen LogP contribution >= 0.6 is 11.3 Å². The van der Waals surface area contributed by atoms with Gasteiger partial charge in [-0.2, -0.15) is 0 Å². The number of rotatable bonds is 3. The summed E-state index contributed by atoms with van der Waals surface area (Å²) in [6, 6.07) is 4.57. The SMILES string of the molecule is Cc1csc(NS(=O)(=O)c2ccc3c(c2)CC(=O)N3)n1. The van der Waals surface area contributed by atoms with E-state index in [-0.39, 0.29) is 17.2 Å². The van der Waals surface area contributed by atoms with Gasteiger partial charge in [-0.15, -0.1) is 11.3 Å². The Labute approximate surface area is 119 Å². The van der Waals surface area contributed by atoms with Gasteiger partial charge in [-0.05, 0) is 30.7 Å². The molecule has 0 fully saturated rings. The second-order valence-corrected chi connectivity index (χ2v) is 6.98. The highest BCUT2D eigenvalue weighted by atomic mass is 32.2. The van der Waals surface area contributed by atoms with Crippen LogP contribution in [0.5, 0.6) is 0 Å². The Morgan fingerprint density at radius 1 is 1.40 bits per heavy atom. The van der Waals surface area contributed by atoms with Crippen LogP contribution in [0.4, 0.5) is 10.8 Å². The predicted octanol–water partition coefficient (Wildman–Crippen LogP) is 1.75. The fraction of sp³-hybridized carbons (Fsp3) is 0.167. The van der Waals surface area contributed by atoms with E-state index in [1.165, 1.54) is 23.5 Å². The molecule has 0 radical (unpaired) electrons. The number of hydrogen-bond acceptors (Lipinski definition) is 5. The summed E-state index contributed by atoms with van der Waals surface area (Å²) >= 11 is 1.23. The first kappa shape index (κ1) is 13.1. The maximum absolute atomic E-state index is 12.2. The topological polar surface area (TPSA) is 88.2 Å². The molecule has 20 heavy (non-hydrogen) atoms. The minimum atomic E-state index is -3.68. The molecule has 0 bridgehead atoms. The quantitative estimate of drug-likeness (QED) is 0.904. The maximum Gasteiger partial charge on any atom is 0.263 e. The number of carbonyl (C=O) groups is 1. The third-order valence-corrected chi connectivity index (χ3v) is 5.19. The van der Waals surface area contributed by atoms with Gasteiger partial charge in [0.25, 0.3) is 10.0 Å². The first-order valence-electron chi connectivity index (χ1n) is 5.82. The van der Waals surface area contributed by atoms with Crippen LogP contribution in [0.2, 0.25) is 0 Å². The third-order valence-electron chi connectivity index (χ3n) is 2.85. The molecule has 0 saturated heterocycles. The Morgan fingerprint density at radius 3 is 2.90 bits per heavy atom. The van der Waals surface area contributed by atoms with Gasteiger partial charge in [0, 0.05) is 11.1 Å². The number of hydrogen-bond donors (Lipinski definition) is 2. The van der Waals surface area contributed by atoms with Crippen LogP contribution in [0.25, 0.3) is 0 Å². The number of fused-ring (bicyclic) bond motifs is 1. The molecule has 6 nitrogen and oxygen atoms in total. The van der Waals surface area contributed by atoms with Crippen molar-refractivity contribution in [1.82, 2.24) is 4.98 Å². The number of nitrogens with zero attached hydrogens (tertiary/aromatic N) is 1.